The van der Waals surface area contributed by atoms with Crippen LogP contribution >= 0.6 is 0 Å². The molecule has 0 aliphatic carbocycles. The quantitative estimate of drug-likeness (QED) is 0.0976. The molecule has 0 aromatic heterocycles. The van der Waals surface area contributed by atoms with Gasteiger partial charge in [0.05, 0.1) is 11.4 Å². The molecule has 0 fully saturated rings. The lowest BCUT2D eigenvalue weighted by atomic mass is 9.90. The summed E-state index contributed by atoms with van der Waals surface area (Å²) in [6.45, 7) is 10.4. The minimum atomic E-state index is 0.489. The first-order valence-corrected chi connectivity index (χ1v) is 18.2. The maximum Gasteiger partial charge on any atom is 0.0633 e. The molecule has 0 saturated carbocycles. The normalized spacial score (nSPS) is 11.6. The second kappa shape index (κ2) is 16.6. The van der Waals surface area contributed by atoms with E-state index >= 15 is 0 Å². The Morgan fingerprint density at radius 1 is 0.481 bits per heavy atom. The van der Waals surface area contributed by atoms with E-state index in [0.29, 0.717) is 17.8 Å². The Morgan fingerprint density at radius 2 is 0.907 bits per heavy atom. The highest BCUT2D eigenvalue weighted by molar-refractivity contribution is 6.08. The molecule has 0 atom stereocenters. The van der Waals surface area contributed by atoms with Gasteiger partial charge in [-0.05, 0) is 116 Å². The lowest BCUT2D eigenvalue weighted by Gasteiger charge is -2.15. The van der Waals surface area contributed by atoms with Crippen LogP contribution in [0.3, 0.4) is 0 Å². The Hall–Kier alpha value is -6.90. The van der Waals surface area contributed by atoms with Crippen LogP contribution in [0, 0.1) is 5.41 Å². The van der Waals surface area contributed by atoms with E-state index in [0.717, 1.165) is 66.9 Å². The van der Waals surface area contributed by atoms with Crippen LogP contribution in [0.15, 0.2) is 212 Å². The molecule has 2 heteroatoms. The zero-order chi connectivity index (χ0) is 37.3. The van der Waals surface area contributed by atoms with Gasteiger partial charge in [0.2, 0.25) is 0 Å². The predicted octanol–water partition coefficient (Wildman–Crippen LogP) is 13.9. The minimum Gasteiger partial charge on any atom is -0.305 e. The van der Waals surface area contributed by atoms with Crippen molar-refractivity contribution in [2.75, 3.05) is 0 Å². The molecule has 0 heterocycles. The summed E-state index contributed by atoms with van der Waals surface area (Å²) in [6.07, 6.45) is 4.63. The van der Waals surface area contributed by atoms with Crippen molar-refractivity contribution in [3.8, 4) is 44.5 Å². The van der Waals surface area contributed by atoms with Crippen molar-refractivity contribution in [1.82, 2.24) is 0 Å². The number of nitrogens with one attached hydrogen (secondary N) is 1. The van der Waals surface area contributed by atoms with E-state index < -0.39 is 0 Å². The van der Waals surface area contributed by atoms with Gasteiger partial charge in [-0.15, -0.1) is 0 Å². The number of allylic oxidation sites excluding steroid dienone is 3. The summed E-state index contributed by atoms with van der Waals surface area (Å²) in [4.78, 5) is 5.21. The van der Waals surface area contributed by atoms with Crippen molar-refractivity contribution in [3.05, 3.63) is 230 Å². The topological polar surface area (TPSA) is 36.2 Å². The lowest BCUT2D eigenvalue weighted by molar-refractivity contribution is 1.38. The highest BCUT2D eigenvalue weighted by atomic mass is 14.8. The minimum absolute atomic E-state index is 0.489. The first kappa shape index (κ1) is 35.5. The van der Waals surface area contributed by atoms with E-state index in [1.165, 1.54) is 11.1 Å². The summed E-state index contributed by atoms with van der Waals surface area (Å²) >= 11 is 0. The molecule has 0 spiro atoms. The predicted molar refractivity (Wildman–Crippen MR) is 232 cm³/mol. The number of aliphatic imine (C=N–C) groups is 1. The van der Waals surface area contributed by atoms with E-state index in [-0.39, 0.29) is 0 Å². The Balaban J connectivity index is 1.34. The third-order valence-electron chi connectivity index (χ3n) is 9.62. The van der Waals surface area contributed by atoms with Crippen LogP contribution in [0.1, 0.15) is 35.6 Å². The molecule has 0 radical (unpaired) electrons. The molecule has 0 aliphatic heterocycles. The average Bonchev–Trinajstić information content (AvgIpc) is 3.24. The van der Waals surface area contributed by atoms with Crippen molar-refractivity contribution in [3.63, 3.8) is 0 Å². The van der Waals surface area contributed by atoms with E-state index in [4.69, 9.17) is 10.4 Å². The molecule has 1 N–H and O–H groups in total. The number of benzene rings is 7. The van der Waals surface area contributed by atoms with Crippen molar-refractivity contribution < 1.29 is 0 Å². The van der Waals surface area contributed by atoms with Gasteiger partial charge in [-0.3, -0.25) is 4.99 Å². The van der Waals surface area contributed by atoms with Gasteiger partial charge in [-0.2, -0.15) is 0 Å². The molecule has 7 aromatic rings. The fourth-order valence-electron chi connectivity index (χ4n) is 6.66. The second-order valence-electron chi connectivity index (χ2n) is 13.3. The number of hydrogen-bond acceptors (Lipinski definition) is 2. The zero-order valence-corrected chi connectivity index (χ0v) is 30.5. The molecule has 54 heavy (non-hydrogen) atoms. The summed E-state index contributed by atoms with van der Waals surface area (Å²) in [5.41, 5.74) is 15.9. The largest absolute Gasteiger partial charge is 0.305 e. The first-order valence-electron chi connectivity index (χ1n) is 18.2. The lowest BCUT2D eigenvalue weighted by Crippen LogP contribution is -2.05. The summed E-state index contributed by atoms with van der Waals surface area (Å²) in [5, 5.41) is 8.77. The molecule has 0 saturated heterocycles. The standard InChI is InChI=1S/C52H42N2/c1-4-39(44-25-27-45(28-26-44)41-19-11-6-12-20-41)29-30-52(54-38(3)40-17-9-5-10-18-40)51-32-46(37(2)53)31-49(36-51)50-34-47(42-21-13-7-14-22-42)33-48(35-50)43-23-15-8-16-24-43/h4-29,31-36,53H,1,3,30H2,2H3/b39-29-,53-37?,54-52+. The Kier molecular flexibility index (Phi) is 10.9. The van der Waals surface area contributed by atoms with E-state index in [2.05, 4.69) is 153 Å². The number of rotatable bonds is 12. The van der Waals surface area contributed by atoms with Crippen molar-refractivity contribution in [2.45, 2.75) is 13.3 Å². The van der Waals surface area contributed by atoms with Crippen molar-refractivity contribution >= 4 is 22.7 Å². The molecular weight excluding hydrogens is 653 g/mol. The van der Waals surface area contributed by atoms with Crippen molar-refractivity contribution in [2.24, 2.45) is 4.99 Å². The van der Waals surface area contributed by atoms with E-state index in [1.807, 2.05) is 61.5 Å². The fraction of sp³-hybridized carbons (Fsp3) is 0.0385. The van der Waals surface area contributed by atoms with Gasteiger partial charge in [0.25, 0.3) is 0 Å². The highest BCUT2D eigenvalue weighted by Crippen LogP contribution is 2.34. The van der Waals surface area contributed by atoms with E-state index in [1.54, 1.807) is 0 Å². The van der Waals surface area contributed by atoms with Gasteiger partial charge in [0, 0.05) is 12.1 Å². The molecule has 2 nitrogen and oxygen atoms in total. The molecule has 0 unspecified atom stereocenters. The van der Waals surface area contributed by atoms with Gasteiger partial charge in [0.1, 0.15) is 0 Å². The fourth-order valence-corrected chi connectivity index (χ4v) is 6.66. The first-order chi connectivity index (χ1) is 26.4. The summed E-state index contributed by atoms with van der Waals surface area (Å²) in [6, 6.07) is 63.2. The summed E-state index contributed by atoms with van der Waals surface area (Å²) < 4.78 is 0. The molecular formula is C52H42N2. The zero-order valence-electron chi connectivity index (χ0n) is 30.5. The van der Waals surface area contributed by atoms with Gasteiger partial charge < -0.3 is 5.41 Å². The van der Waals surface area contributed by atoms with Crippen LogP contribution in [0.4, 0.5) is 0 Å². The van der Waals surface area contributed by atoms with Gasteiger partial charge in [0.15, 0.2) is 0 Å². The van der Waals surface area contributed by atoms with Crippen molar-refractivity contribution in [1.29, 1.82) is 5.41 Å². The SMILES string of the molecule is C=C/C(=C/C/C(=N\C(=C)c1ccccc1)c1cc(C(C)=N)cc(-c2cc(-c3ccccc3)cc(-c3ccccc3)c2)c1)c1ccc(-c2ccccc2)cc1. The van der Waals surface area contributed by atoms with Crippen LogP contribution in [0.25, 0.3) is 55.8 Å². The van der Waals surface area contributed by atoms with Gasteiger partial charge >= 0.3 is 0 Å². The third-order valence-corrected chi connectivity index (χ3v) is 9.62. The Labute approximate surface area is 319 Å². The third kappa shape index (κ3) is 8.41. The maximum absolute atomic E-state index is 8.77. The van der Waals surface area contributed by atoms with Gasteiger partial charge in [-0.25, -0.2) is 0 Å². The van der Waals surface area contributed by atoms with Crippen LogP contribution in [-0.4, -0.2) is 11.4 Å². The molecule has 0 amide bonds. The van der Waals surface area contributed by atoms with Crippen LogP contribution in [-0.2, 0) is 0 Å². The Morgan fingerprint density at radius 3 is 1.41 bits per heavy atom. The molecule has 0 aliphatic rings. The number of nitrogens with zero attached hydrogens (tertiary/aromatic N) is 1. The number of hydrogen-bond donors (Lipinski definition) is 1. The smallest absolute Gasteiger partial charge is 0.0633 e. The molecule has 260 valence electrons. The van der Waals surface area contributed by atoms with Gasteiger partial charge in [-0.1, -0.05) is 171 Å². The second-order valence-corrected chi connectivity index (χ2v) is 13.3. The highest BCUT2D eigenvalue weighted by Gasteiger charge is 2.14. The van der Waals surface area contributed by atoms with E-state index in [9.17, 15) is 0 Å². The summed E-state index contributed by atoms with van der Waals surface area (Å²) in [7, 11) is 0. The monoisotopic (exact) mass is 694 g/mol. The summed E-state index contributed by atoms with van der Waals surface area (Å²) in [5.74, 6) is 0. The van der Waals surface area contributed by atoms with Crippen LogP contribution in [0.2, 0.25) is 0 Å². The molecule has 7 aromatic carbocycles. The average molecular weight is 695 g/mol. The molecule has 7 rings (SSSR count). The molecule has 0 bridgehead atoms. The Bertz CT molecular complexity index is 2410. The maximum atomic E-state index is 8.77. The van der Waals surface area contributed by atoms with Crippen LogP contribution in [0.5, 0.6) is 0 Å². The van der Waals surface area contributed by atoms with Crippen LogP contribution < -0.4 is 0 Å².